The first-order chi connectivity index (χ1) is 36.0. The molecule has 0 aromatic heterocycles. The maximum Gasteiger partial charge on any atom is 0.306 e. The van der Waals surface area contributed by atoms with Crippen LogP contribution in [0.15, 0.2) is 85.1 Å². The minimum Gasteiger partial charge on any atom is -0.462 e. The molecule has 0 bridgehead atoms. The summed E-state index contributed by atoms with van der Waals surface area (Å²) in [5.74, 6) is -0.883. The van der Waals surface area contributed by atoms with Crippen molar-refractivity contribution in [2.45, 2.75) is 309 Å². The molecule has 0 radical (unpaired) electrons. The van der Waals surface area contributed by atoms with E-state index >= 15 is 0 Å². The number of unbranched alkanes of at least 4 members (excludes halogenated alkanes) is 31. The summed E-state index contributed by atoms with van der Waals surface area (Å²) in [6, 6.07) is 0. The molecule has 6 nitrogen and oxygen atoms in total. The van der Waals surface area contributed by atoms with Gasteiger partial charge >= 0.3 is 17.9 Å². The zero-order chi connectivity index (χ0) is 52.9. The Labute approximate surface area is 452 Å². The number of carbonyl (C=O) groups is 3. The van der Waals surface area contributed by atoms with Crippen LogP contribution in [0.1, 0.15) is 303 Å². The SMILES string of the molecule is CC/C=C\C/C=C\C/C=C\C/C=C\C/C=C\C/C=C\CCCCCCCCCCCCCCCCC(=O)OCC(COC(=O)CCCCCCCCC)OC(=O)CCCCCCC/C=C\CCCCCCCC. The van der Waals surface area contributed by atoms with Crippen molar-refractivity contribution in [1.29, 1.82) is 0 Å². The monoisotopic (exact) mass is 1020 g/mol. The first-order valence-electron chi connectivity index (χ1n) is 31.1. The van der Waals surface area contributed by atoms with Gasteiger partial charge in [0.1, 0.15) is 13.2 Å². The first kappa shape index (κ1) is 69.6. The maximum absolute atomic E-state index is 12.8. The fraction of sp³-hybridized carbons (Fsp3) is 0.746. The lowest BCUT2D eigenvalue weighted by Gasteiger charge is -2.18. The molecule has 0 amide bonds. The topological polar surface area (TPSA) is 78.9 Å². The molecule has 0 rings (SSSR count). The van der Waals surface area contributed by atoms with Crippen LogP contribution in [0.25, 0.3) is 0 Å². The Hall–Kier alpha value is -3.41. The Morgan fingerprint density at radius 2 is 0.534 bits per heavy atom. The van der Waals surface area contributed by atoms with Crippen LogP contribution in [-0.2, 0) is 28.6 Å². The molecule has 6 heteroatoms. The molecule has 0 saturated carbocycles. The fourth-order valence-corrected chi connectivity index (χ4v) is 8.74. The number of hydrogen-bond acceptors (Lipinski definition) is 6. The van der Waals surface area contributed by atoms with Crippen molar-refractivity contribution in [2.24, 2.45) is 0 Å². The van der Waals surface area contributed by atoms with Crippen LogP contribution in [0, 0.1) is 0 Å². The number of carbonyl (C=O) groups excluding carboxylic acids is 3. The smallest absolute Gasteiger partial charge is 0.306 e. The van der Waals surface area contributed by atoms with Crippen LogP contribution >= 0.6 is 0 Å². The van der Waals surface area contributed by atoms with E-state index in [0.29, 0.717) is 19.3 Å². The van der Waals surface area contributed by atoms with Gasteiger partial charge in [0.25, 0.3) is 0 Å². The Morgan fingerprint density at radius 1 is 0.288 bits per heavy atom. The minimum absolute atomic E-state index is 0.0763. The van der Waals surface area contributed by atoms with E-state index in [9.17, 15) is 14.4 Å². The molecule has 0 saturated heterocycles. The lowest BCUT2D eigenvalue weighted by Crippen LogP contribution is -2.30. The van der Waals surface area contributed by atoms with Crippen molar-refractivity contribution >= 4 is 17.9 Å². The molecular weight excluding hydrogens is 901 g/mol. The number of hydrogen-bond donors (Lipinski definition) is 0. The minimum atomic E-state index is -0.776. The summed E-state index contributed by atoms with van der Waals surface area (Å²) < 4.78 is 16.8. The summed E-state index contributed by atoms with van der Waals surface area (Å²) >= 11 is 0. The van der Waals surface area contributed by atoms with Gasteiger partial charge in [-0.15, -0.1) is 0 Å². The highest BCUT2D eigenvalue weighted by molar-refractivity contribution is 5.71. The molecule has 1 atom stereocenters. The number of esters is 3. The van der Waals surface area contributed by atoms with Gasteiger partial charge in [-0.1, -0.05) is 273 Å². The summed E-state index contributed by atoms with van der Waals surface area (Å²) in [7, 11) is 0. The van der Waals surface area contributed by atoms with E-state index in [4.69, 9.17) is 14.2 Å². The maximum atomic E-state index is 12.8. The molecule has 73 heavy (non-hydrogen) atoms. The van der Waals surface area contributed by atoms with Crippen LogP contribution in [-0.4, -0.2) is 37.2 Å². The molecule has 0 N–H and O–H groups in total. The highest BCUT2D eigenvalue weighted by atomic mass is 16.6. The Balaban J connectivity index is 4.04. The van der Waals surface area contributed by atoms with Crippen LogP contribution in [0.3, 0.4) is 0 Å². The van der Waals surface area contributed by atoms with Gasteiger partial charge in [0.2, 0.25) is 0 Å². The largest absolute Gasteiger partial charge is 0.462 e. The third-order valence-corrected chi connectivity index (χ3v) is 13.4. The lowest BCUT2D eigenvalue weighted by atomic mass is 10.0. The second-order valence-corrected chi connectivity index (χ2v) is 20.6. The van der Waals surface area contributed by atoms with Gasteiger partial charge in [-0.3, -0.25) is 14.4 Å². The van der Waals surface area contributed by atoms with E-state index in [0.717, 1.165) is 103 Å². The molecular formula is C67H116O6. The molecule has 0 aliphatic heterocycles. The van der Waals surface area contributed by atoms with Crippen molar-refractivity contribution in [2.75, 3.05) is 13.2 Å². The third-order valence-electron chi connectivity index (χ3n) is 13.4. The van der Waals surface area contributed by atoms with Gasteiger partial charge in [-0.05, 0) is 96.3 Å². The fourth-order valence-electron chi connectivity index (χ4n) is 8.74. The van der Waals surface area contributed by atoms with Gasteiger partial charge in [-0.2, -0.15) is 0 Å². The third kappa shape index (κ3) is 59.3. The average molecular weight is 1020 g/mol. The number of allylic oxidation sites excluding steroid dienone is 14. The lowest BCUT2D eigenvalue weighted by molar-refractivity contribution is -0.167. The zero-order valence-corrected chi connectivity index (χ0v) is 48.1. The quantitative estimate of drug-likeness (QED) is 0.0261. The van der Waals surface area contributed by atoms with Crippen LogP contribution in [0.5, 0.6) is 0 Å². The standard InChI is InChI=1S/C67H116O6/c1-4-7-10-13-16-18-20-22-24-25-26-27-28-29-30-31-32-33-34-35-36-37-38-39-40-41-43-44-46-48-51-54-57-60-66(69)72-63-64(62-71-65(68)59-56-53-50-15-12-9-6-3)73-67(70)61-58-55-52-49-47-45-42-23-21-19-17-14-11-8-5-2/h7,10,16,18,22-24,26-27,29-30,32-33,42,64H,4-6,8-9,11-15,17,19-21,25,28,31,34-41,43-63H2,1-3H3/b10-7-,18-16-,24-22-,27-26-,30-29-,33-32-,42-23-. The van der Waals surface area contributed by atoms with Crippen molar-refractivity contribution in [3.63, 3.8) is 0 Å². The van der Waals surface area contributed by atoms with Crippen LogP contribution in [0.2, 0.25) is 0 Å². The van der Waals surface area contributed by atoms with Gasteiger partial charge in [0.15, 0.2) is 6.10 Å². The van der Waals surface area contributed by atoms with Gasteiger partial charge in [-0.25, -0.2) is 0 Å². The van der Waals surface area contributed by atoms with Gasteiger partial charge < -0.3 is 14.2 Å². The average Bonchev–Trinajstić information content (AvgIpc) is 3.39. The summed E-state index contributed by atoms with van der Waals surface area (Å²) in [6.07, 6.45) is 80.5. The number of rotatable bonds is 56. The van der Waals surface area contributed by atoms with E-state index in [2.05, 4.69) is 106 Å². The summed E-state index contributed by atoms with van der Waals surface area (Å²) in [6.45, 7) is 6.49. The first-order valence-corrected chi connectivity index (χ1v) is 31.1. The molecule has 420 valence electrons. The van der Waals surface area contributed by atoms with Crippen LogP contribution in [0.4, 0.5) is 0 Å². The zero-order valence-electron chi connectivity index (χ0n) is 48.1. The molecule has 0 aliphatic rings. The molecule has 0 aromatic rings. The molecule has 0 spiro atoms. The highest BCUT2D eigenvalue weighted by Gasteiger charge is 2.19. The Bertz CT molecular complexity index is 1400. The van der Waals surface area contributed by atoms with Crippen molar-refractivity contribution in [3.8, 4) is 0 Å². The molecule has 0 fully saturated rings. The molecule has 0 aromatic carbocycles. The van der Waals surface area contributed by atoms with Crippen LogP contribution < -0.4 is 0 Å². The number of ether oxygens (including phenoxy) is 3. The molecule has 1 unspecified atom stereocenters. The summed E-state index contributed by atoms with van der Waals surface area (Å²) in [5, 5.41) is 0. The predicted molar refractivity (Wildman–Crippen MR) is 316 cm³/mol. The van der Waals surface area contributed by atoms with E-state index in [1.54, 1.807) is 0 Å². The second-order valence-electron chi connectivity index (χ2n) is 20.6. The summed E-state index contributed by atoms with van der Waals surface area (Å²) in [5.41, 5.74) is 0. The van der Waals surface area contributed by atoms with Gasteiger partial charge in [0, 0.05) is 19.3 Å². The van der Waals surface area contributed by atoms with Crippen molar-refractivity contribution < 1.29 is 28.6 Å². The van der Waals surface area contributed by atoms with E-state index in [1.807, 2.05) is 0 Å². The van der Waals surface area contributed by atoms with E-state index in [-0.39, 0.29) is 31.1 Å². The predicted octanol–water partition coefficient (Wildman–Crippen LogP) is 21.1. The molecule has 0 aliphatic carbocycles. The normalized spacial score (nSPS) is 12.6. The Morgan fingerprint density at radius 3 is 0.849 bits per heavy atom. The summed E-state index contributed by atoms with van der Waals surface area (Å²) in [4.78, 5) is 38.0. The van der Waals surface area contributed by atoms with E-state index in [1.165, 1.54) is 161 Å². The highest BCUT2D eigenvalue weighted by Crippen LogP contribution is 2.16. The Kier molecular flexibility index (Phi) is 58.3. The second kappa shape index (κ2) is 61.1. The van der Waals surface area contributed by atoms with E-state index < -0.39 is 6.10 Å². The molecule has 0 heterocycles. The van der Waals surface area contributed by atoms with Crippen molar-refractivity contribution in [1.82, 2.24) is 0 Å². The van der Waals surface area contributed by atoms with Crippen molar-refractivity contribution in [3.05, 3.63) is 85.1 Å². The van der Waals surface area contributed by atoms with Gasteiger partial charge in [0.05, 0.1) is 0 Å².